The number of rotatable bonds is 10. The number of fused-ring (bicyclic) bond motifs is 1. The number of amidine groups is 1. The summed E-state index contributed by atoms with van der Waals surface area (Å²) in [5, 5.41) is 10.6. The molecule has 10 nitrogen and oxygen atoms in total. The van der Waals surface area contributed by atoms with E-state index in [1.54, 1.807) is 36.4 Å². The molecule has 2 aliphatic rings. The molecule has 5 rings (SSSR count). The predicted octanol–water partition coefficient (Wildman–Crippen LogP) is 3.69. The summed E-state index contributed by atoms with van der Waals surface area (Å²) in [6, 6.07) is 19.6. The molecule has 0 bridgehead atoms. The molecule has 0 radical (unpaired) electrons. The summed E-state index contributed by atoms with van der Waals surface area (Å²) in [5.74, 6) is -0.0206. The van der Waals surface area contributed by atoms with E-state index in [9.17, 15) is 18.3 Å². The van der Waals surface area contributed by atoms with E-state index in [-0.39, 0.29) is 42.2 Å². The smallest absolute Gasteiger partial charge is 0.273 e. The van der Waals surface area contributed by atoms with Crippen LogP contribution in [0.25, 0.3) is 17.2 Å². The van der Waals surface area contributed by atoms with Crippen molar-refractivity contribution < 1.29 is 23.2 Å². The van der Waals surface area contributed by atoms with Gasteiger partial charge in [-0.1, -0.05) is 43.3 Å². The van der Waals surface area contributed by atoms with Gasteiger partial charge in [-0.25, -0.2) is 18.5 Å². The lowest BCUT2D eigenvalue weighted by Gasteiger charge is -2.36. The number of aliphatic hydroxyl groups excluding tert-OH is 1. The van der Waals surface area contributed by atoms with Gasteiger partial charge in [0.2, 0.25) is 10.0 Å². The molecule has 42 heavy (non-hydrogen) atoms. The lowest BCUT2D eigenvalue weighted by atomic mass is 10.0. The fourth-order valence-electron chi connectivity index (χ4n) is 4.88. The molecular formula is C31H35N5O5S. The van der Waals surface area contributed by atoms with Crippen molar-refractivity contribution >= 4 is 39.2 Å². The van der Waals surface area contributed by atoms with E-state index in [4.69, 9.17) is 16.3 Å². The zero-order chi connectivity index (χ0) is 29.9. The minimum absolute atomic E-state index is 0.0231. The molecule has 220 valence electrons. The Morgan fingerprint density at radius 1 is 1.07 bits per heavy atom. The van der Waals surface area contributed by atoms with Crippen LogP contribution in [0.1, 0.15) is 30.9 Å². The predicted molar refractivity (Wildman–Crippen MR) is 163 cm³/mol. The van der Waals surface area contributed by atoms with Gasteiger partial charge in [0, 0.05) is 55.4 Å². The molecule has 1 saturated heterocycles. The van der Waals surface area contributed by atoms with Gasteiger partial charge in [-0.15, -0.1) is 0 Å². The summed E-state index contributed by atoms with van der Waals surface area (Å²) in [7, 11) is -3.66. The van der Waals surface area contributed by atoms with E-state index in [0.717, 1.165) is 16.7 Å². The Bertz CT molecular complexity index is 1630. The number of sulfonamides is 1. The second-order valence-electron chi connectivity index (χ2n) is 10.5. The SMILES string of the molecule is CCCN(OCc1ccc(N)cc1)C(=O)C1=Cc2ccc(-c3cccc(S(=O)(=O)N4CC(CO)C4)c3)cc2N=C(N)C1. The number of hydrogen-bond acceptors (Lipinski definition) is 8. The van der Waals surface area contributed by atoms with Gasteiger partial charge in [0.1, 0.15) is 12.4 Å². The quantitative estimate of drug-likeness (QED) is 0.241. The molecule has 5 N–H and O–H groups in total. The number of aliphatic imine (C=N–C) groups is 1. The van der Waals surface area contributed by atoms with Crippen LogP contribution in [0, 0.1) is 5.92 Å². The van der Waals surface area contributed by atoms with Crippen molar-refractivity contribution in [2.45, 2.75) is 31.3 Å². The second-order valence-corrected chi connectivity index (χ2v) is 12.5. The lowest BCUT2D eigenvalue weighted by Crippen LogP contribution is -2.51. The Balaban J connectivity index is 1.38. The molecule has 0 atom stereocenters. The van der Waals surface area contributed by atoms with Gasteiger partial charge < -0.3 is 16.6 Å². The molecule has 0 aromatic heterocycles. The molecule has 0 spiro atoms. The highest BCUT2D eigenvalue weighted by Gasteiger charge is 2.36. The first kappa shape index (κ1) is 29.5. The van der Waals surface area contributed by atoms with Crippen molar-refractivity contribution in [3.63, 3.8) is 0 Å². The molecule has 3 aromatic carbocycles. The van der Waals surface area contributed by atoms with Crippen molar-refractivity contribution in [1.29, 1.82) is 0 Å². The number of amides is 1. The second kappa shape index (κ2) is 12.5. The number of nitrogen functional groups attached to an aromatic ring is 1. The summed E-state index contributed by atoms with van der Waals surface area (Å²) < 4.78 is 27.5. The van der Waals surface area contributed by atoms with Crippen LogP contribution in [0.5, 0.6) is 0 Å². The first-order valence-corrected chi connectivity index (χ1v) is 15.3. The number of hydrogen-bond donors (Lipinski definition) is 3. The van der Waals surface area contributed by atoms with Crippen molar-refractivity contribution in [2.75, 3.05) is 32.0 Å². The van der Waals surface area contributed by atoms with E-state index in [1.165, 1.54) is 9.37 Å². The largest absolute Gasteiger partial charge is 0.399 e. The number of carbonyl (C=O) groups is 1. The van der Waals surface area contributed by atoms with Crippen molar-refractivity contribution in [1.82, 2.24) is 9.37 Å². The topological polar surface area (TPSA) is 152 Å². The van der Waals surface area contributed by atoms with Gasteiger partial charge in [-0.05, 0) is 59.5 Å². The molecule has 0 unspecified atom stereocenters. The maximum atomic E-state index is 13.5. The average molecular weight is 590 g/mol. The normalized spacial score (nSPS) is 15.7. The number of nitrogens with two attached hydrogens (primary N) is 2. The average Bonchev–Trinajstić information content (AvgIpc) is 3.12. The molecular weight excluding hydrogens is 554 g/mol. The van der Waals surface area contributed by atoms with Gasteiger partial charge in [-0.3, -0.25) is 9.63 Å². The van der Waals surface area contributed by atoms with Crippen LogP contribution in [-0.4, -0.2) is 60.9 Å². The number of aliphatic hydroxyl groups is 1. The third-order valence-electron chi connectivity index (χ3n) is 7.28. The van der Waals surface area contributed by atoms with Gasteiger partial charge in [0.05, 0.1) is 10.6 Å². The Morgan fingerprint density at radius 2 is 1.81 bits per heavy atom. The van der Waals surface area contributed by atoms with Crippen LogP contribution in [0.4, 0.5) is 11.4 Å². The fraction of sp³-hybridized carbons (Fsp3) is 0.290. The minimum atomic E-state index is -3.66. The number of carbonyl (C=O) groups excluding carboxylic acids is 1. The van der Waals surface area contributed by atoms with Crippen molar-refractivity contribution in [3.05, 3.63) is 83.4 Å². The van der Waals surface area contributed by atoms with Crippen LogP contribution in [0.3, 0.4) is 0 Å². The van der Waals surface area contributed by atoms with Crippen LogP contribution >= 0.6 is 0 Å². The summed E-state index contributed by atoms with van der Waals surface area (Å²) in [4.78, 5) is 24.2. The Kier molecular flexibility index (Phi) is 8.74. The summed E-state index contributed by atoms with van der Waals surface area (Å²) >= 11 is 0. The van der Waals surface area contributed by atoms with Crippen LogP contribution in [0.15, 0.2) is 82.2 Å². The van der Waals surface area contributed by atoms with Crippen molar-refractivity contribution in [3.8, 4) is 11.1 Å². The summed E-state index contributed by atoms with van der Waals surface area (Å²) in [6.45, 7) is 3.19. The zero-order valence-corrected chi connectivity index (χ0v) is 24.3. The summed E-state index contributed by atoms with van der Waals surface area (Å²) in [5.41, 5.74) is 16.8. The molecule has 11 heteroatoms. The monoisotopic (exact) mass is 589 g/mol. The third kappa shape index (κ3) is 6.39. The van der Waals surface area contributed by atoms with Crippen LogP contribution in [0.2, 0.25) is 0 Å². The number of benzene rings is 3. The van der Waals surface area contributed by atoms with Crippen LogP contribution in [-0.2, 0) is 26.3 Å². The molecule has 2 heterocycles. The molecule has 1 fully saturated rings. The molecule has 2 aliphatic heterocycles. The maximum absolute atomic E-state index is 13.5. The van der Waals surface area contributed by atoms with Gasteiger partial charge in [-0.2, -0.15) is 4.31 Å². The van der Waals surface area contributed by atoms with Gasteiger partial charge in [0.25, 0.3) is 5.91 Å². The van der Waals surface area contributed by atoms with Gasteiger partial charge in [0.15, 0.2) is 0 Å². The lowest BCUT2D eigenvalue weighted by molar-refractivity contribution is -0.187. The van der Waals surface area contributed by atoms with E-state index >= 15 is 0 Å². The van der Waals surface area contributed by atoms with Crippen LogP contribution < -0.4 is 11.5 Å². The standard InChI is InChI=1S/C31H35N5O5S/c1-2-12-36(41-20-21-6-10-27(32)11-7-21)31(38)26-13-25-9-8-24(15-29(25)34-30(33)16-26)23-4-3-5-28(14-23)42(39,40)35-17-22(18-35)19-37/h3-11,13-15,22,37H,2,12,16-20,32H2,1H3,(H2,33,34). The maximum Gasteiger partial charge on any atom is 0.273 e. The summed E-state index contributed by atoms with van der Waals surface area (Å²) in [6.07, 6.45) is 2.65. The highest BCUT2D eigenvalue weighted by atomic mass is 32.2. The molecule has 0 aliphatic carbocycles. The van der Waals surface area contributed by atoms with Crippen molar-refractivity contribution in [2.24, 2.45) is 16.6 Å². The minimum Gasteiger partial charge on any atom is -0.399 e. The van der Waals surface area contributed by atoms with E-state index < -0.39 is 10.0 Å². The Hall–Kier alpha value is -4.03. The van der Waals surface area contributed by atoms with Gasteiger partial charge >= 0.3 is 0 Å². The first-order chi connectivity index (χ1) is 20.2. The number of nitrogens with zero attached hydrogens (tertiary/aromatic N) is 3. The zero-order valence-electron chi connectivity index (χ0n) is 23.4. The Labute approximate surface area is 245 Å². The molecule has 1 amide bonds. The highest BCUT2D eigenvalue weighted by molar-refractivity contribution is 7.89. The van der Waals surface area contributed by atoms with E-state index in [2.05, 4.69) is 4.99 Å². The first-order valence-electron chi connectivity index (χ1n) is 13.9. The number of hydroxylamine groups is 2. The van der Waals surface area contributed by atoms with E-state index in [1.807, 2.05) is 43.3 Å². The molecule has 0 saturated carbocycles. The Morgan fingerprint density at radius 3 is 2.52 bits per heavy atom. The van der Waals surface area contributed by atoms with E-state index in [0.29, 0.717) is 48.6 Å². The number of anilines is 1. The molecule has 3 aromatic rings. The highest BCUT2D eigenvalue weighted by Crippen LogP contribution is 2.34. The fourth-order valence-corrected chi connectivity index (χ4v) is 6.52. The third-order valence-corrected chi connectivity index (χ3v) is 9.11.